The molecule has 0 radical (unpaired) electrons. The molecule has 0 N–H and O–H groups in total. The third kappa shape index (κ3) is 13.1. The molecule has 230 valence electrons. The van der Waals surface area contributed by atoms with Gasteiger partial charge in [0.25, 0.3) is 0 Å². The van der Waals surface area contributed by atoms with Crippen LogP contribution >= 0.6 is 34.9 Å². The number of hydrogen-bond acceptors (Lipinski definition) is 1. The van der Waals surface area contributed by atoms with Crippen LogP contribution in [0.3, 0.4) is 0 Å². The average Bonchev–Trinajstić information content (AvgIpc) is 3.76. The summed E-state index contributed by atoms with van der Waals surface area (Å²) in [6.45, 7) is 3.06. The maximum atomic E-state index is 9.44. The molecular formula is C37H34Cl2FeOP2Pd. The van der Waals surface area contributed by atoms with Gasteiger partial charge in [-0.05, 0) is 35.1 Å². The molecule has 0 aromatic heterocycles. The van der Waals surface area contributed by atoms with Gasteiger partial charge >= 0.3 is 52.1 Å². The van der Waals surface area contributed by atoms with Gasteiger partial charge in [-0.1, -0.05) is 137 Å². The zero-order valence-corrected chi connectivity index (χ0v) is 30.4. The van der Waals surface area contributed by atoms with Gasteiger partial charge < -0.3 is 4.79 Å². The van der Waals surface area contributed by atoms with E-state index >= 15 is 0 Å². The predicted molar refractivity (Wildman–Crippen MR) is 190 cm³/mol. The van der Waals surface area contributed by atoms with Crippen molar-refractivity contribution >= 4 is 72.5 Å². The topological polar surface area (TPSA) is 17.1 Å². The molecule has 0 atom stereocenters. The summed E-state index contributed by atoms with van der Waals surface area (Å²) in [6, 6.07) is 60.5. The fourth-order valence-electron chi connectivity index (χ4n) is 4.23. The van der Waals surface area contributed by atoms with Gasteiger partial charge in [0, 0.05) is 0 Å². The number of hydrogen-bond donors (Lipinski definition) is 0. The minimum absolute atomic E-state index is 0. The van der Waals surface area contributed by atoms with E-state index in [0.29, 0.717) is 0 Å². The third-order valence-corrected chi connectivity index (χ3v) is 10.8. The first-order valence-electron chi connectivity index (χ1n) is 13.6. The summed E-state index contributed by atoms with van der Waals surface area (Å²) >= 11 is -0.106. The van der Waals surface area contributed by atoms with E-state index in [-0.39, 0.29) is 38.8 Å². The summed E-state index contributed by atoms with van der Waals surface area (Å²) in [6.07, 6.45) is 0. The van der Waals surface area contributed by atoms with E-state index in [1.165, 1.54) is 45.7 Å². The van der Waals surface area contributed by atoms with Crippen LogP contribution in [-0.4, -0.2) is 5.78 Å². The van der Waals surface area contributed by atoms with Gasteiger partial charge in [-0.25, -0.2) is 12.1 Å². The molecule has 0 saturated heterocycles. The van der Waals surface area contributed by atoms with Crippen LogP contribution in [0.5, 0.6) is 0 Å². The minimum Gasteiger partial charge on any atom is -0.206 e. The molecule has 0 aliphatic heterocycles. The maximum absolute atomic E-state index is 9.44. The summed E-state index contributed by atoms with van der Waals surface area (Å²) in [5, 5.41) is 8.47. The number of Topliss-reactive ketones (excluding diaryl/α,β-unsaturated/α-hetero) is 1. The van der Waals surface area contributed by atoms with Crippen LogP contribution in [-0.2, 0) is 37.8 Å². The fourth-order valence-corrected chi connectivity index (χ4v) is 8.84. The molecule has 0 aliphatic rings. The van der Waals surface area contributed by atoms with Crippen molar-refractivity contribution in [2.75, 3.05) is 0 Å². The molecule has 6 aromatic rings. The van der Waals surface area contributed by atoms with E-state index in [2.05, 4.69) is 170 Å². The molecule has 0 heterocycles. The Hall–Kier alpha value is -2.13. The van der Waals surface area contributed by atoms with E-state index in [9.17, 15) is 4.79 Å². The molecule has 7 heteroatoms. The Morgan fingerprint density at radius 2 is 0.727 bits per heavy atom. The number of halogens is 2. The molecule has 0 fully saturated rings. The summed E-state index contributed by atoms with van der Waals surface area (Å²) in [7, 11) is 8.81. The smallest absolute Gasteiger partial charge is 0.206 e. The summed E-state index contributed by atoms with van der Waals surface area (Å²) in [4.78, 5) is 9.44. The zero-order valence-electron chi connectivity index (χ0n) is 24.4. The first kappa shape index (κ1) is 38.1. The zero-order chi connectivity index (χ0) is 30.7. The molecular weight excluding hydrogens is 756 g/mol. The second kappa shape index (κ2) is 22.4. The second-order valence-electron chi connectivity index (χ2n) is 9.25. The van der Waals surface area contributed by atoms with Crippen LogP contribution in [0.1, 0.15) is 13.8 Å². The third-order valence-electron chi connectivity index (χ3n) is 5.86. The summed E-state index contributed by atoms with van der Waals surface area (Å²) in [5.74, 6) is 0.167. The summed E-state index contributed by atoms with van der Waals surface area (Å²) < 4.78 is 0. The number of benzene rings is 4. The molecule has 1 nitrogen and oxygen atoms in total. The van der Waals surface area contributed by atoms with E-state index < -0.39 is 15.8 Å². The quantitative estimate of drug-likeness (QED) is 0.0944. The number of carbonyl (C=O) groups is 1. The molecule has 0 aliphatic carbocycles. The molecule has 0 saturated carbocycles. The van der Waals surface area contributed by atoms with Crippen molar-refractivity contribution in [3.8, 4) is 0 Å². The summed E-state index contributed by atoms with van der Waals surface area (Å²) in [5.41, 5.74) is 0. The van der Waals surface area contributed by atoms with Crippen LogP contribution in [0, 0.1) is 0 Å². The van der Waals surface area contributed by atoms with Gasteiger partial charge in [-0.15, -0.1) is 0 Å². The van der Waals surface area contributed by atoms with Crippen molar-refractivity contribution in [3.05, 3.63) is 170 Å². The van der Waals surface area contributed by atoms with Gasteiger partial charge in [-0.3, -0.25) is 0 Å². The Labute approximate surface area is 291 Å². The van der Waals surface area contributed by atoms with Crippen LogP contribution in [0.15, 0.2) is 170 Å². The van der Waals surface area contributed by atoms with Crippen molar-refractivity contribution in [1.82, 2.24) is 0 Å². The Balaban J connectivity index is 0.000000249. The minimum atomic E-state index is -0.409. The van der Waals surface area contributed by atoms with Crippen LogP contribution in [0.2, 0.25) is 0 Å². The molecule has 0 amide bonds. The first-order valence-corrected chi connectivity index (χ1v) is 20.3. The fraction of sp³-hybridized carbons (Fsp3) is 0.0541. The second-order valence-corrected chi connectivity index (χ2v) is 16.1. The Kier molecular flexibility index (Phi) is 19.4. The average molecular weight is 790 g/mol. The van der Waals surface area contributed by atoms with Gasteiger partial charge in [0.15, 0.2) is 0 Å². The molecule has 0 bridgehead atoms. The number of rotatable bonds is 6. The monoisotopic (exact) mass is 788 g/mol. The van der Waals surface area contributed by atoms with Gasteiger partial charge in [0.1, 0.15) is 5.78 Å². The normalized spacial score (nSPS) is 9.86. The maximum Gasteiger partial charge on any atom is 2.00 e. The van der Waals surface area contributed by atoms with Crippen molar-refractivity contribution < 1.29 is 37.8 Å². The van der Waals surface area contributed by atoms with Gasteiger partial charge in [-0.2, -0.15) is 47.0 Å². The first-order chi connectivity index (χ1) is 21.0. The van der Waals surface area contributed by atoms with E-state index in [1.54, 1.807) is 0 Å². The largest absolute Gasteiger partial charge is 2.00 e. The molecule has 6 rings (SSSR count). The van der Waals surface area contributed by atoms with Crippen LogP contribution in [0.25, 0.3) is 0 Å². The van der Waals surface area contributed by atoms with E-state index in [0.717, 1.165) is 0 Å². The number of ketones is 1. The standard InChI is InChI=1S/2C17H14P.C3H6O.2ClH.Fe.Pd/c2*1-3-9-15(10-4-1)18(17-13-7-8-14-17)16-11-5-2-6-12-16;1-3(2)4;;;;/h2*1-14H;1-2H3;2*1H;;/q2*-1;;;;2*+2/p-2. The van der Waals surface area contributed by atoms with Crippen molar-refractivity contribution in [1.29, 1.82) is 0 Å². The Morgan fingerprint density at radius 3 is 0.909 bits per heavy atom. The SMILES string of the molecule is CC(C)=O.[Cl][Pd][Cl].[Fe+2].c1ccc(P(c2ccccc2)c2cc[cH-]c2)cc1.c1ccc(P(c2ccccc2)c2cc[cH-]c2)cc1. The van der Waals surface area contributed by atoms with Gasteiger partial charge in [0.2, 0.25) is 0 Å². The van der Waals surface area contributed by atoms with E-state index in [1.807, 2.05) is 0 Å². The molecule has 0 spiro atoms. The molecule has 0 unspecified atom stereocenters. The van der Waals surface area contributed by atoms with Crippen LogP contribution < -0.4 is 31.8 Å². The number of carbonyl (C=O) groups excluding carboxylic acids is 1. The molecule has 44 heavy (non-hydrogen) atoms. The van der Waals surface area contributed by atoms with E-state index in [4.69, 9.17) is 19.1 Å². The van der Waals surface area contributed by atoms with Crippen molar-refractivity contribution in [2.45, 2.75) is 13.8 Å². The predicted octanol–water partition coefficient (Wildman–Crippen LogP) is 8.30. The van der Waals surface area contributed by atoms with Crippen molar-refractivity contribution in [3.63, 3.8) is 0 Å². The van der Waals surface area contributed by atoms with Crippen molar-refractivity contribution in [2.24, 2.45) is 0 Å². The van der Waals surface area contributed by atoms with Gasteiger partial charge in [0.05, 0.1) is 0 Å². The molecule has 6 aromatic carbocycles. The van der Waals surface area contributed by atoms with Crippen LogP contribution in [0.4, 0.5) is 0 Å². The Morgan fingerprint density at radius 1 is 0.500 bits per heavy atom. The Bertz CT molecular complexity index is 1340.